The molecule has 0 aromatic heterocycles. The SMILES string of the molecule is COc1ccc(Br)cc1CNCCN1CCN(C)CC1. The van der Waals surface area contributed by atoms with E-state index in [1.807, 2.05) is 12.1 Å². The lowest BCUT2D eigenvalue weighted by molar-refractivity contribution is 0.154. The highest BCUT2D eigenvalue weighted by Crippen LogP contribution is 2.22. The number of hydrogen-bond acceptors (Lipinski definition) is 4. The maximum absolute atomic E-state index is 5.38. The monoisotopic (exact) mass is 341 g/mol. The van der Waals surface area contributed by atoms with Crippen LogP contribution in [0.15, 0.2) is 22.7 Å². The number of rotatable bonds is 6. The van der Waals surface area contributed by atoms with Crippen LogP contribution < -0.4 is 10.1 Å². The second-order valence-electron chi connectivity index (χ2n) is 5.28. The van der Waals surface area contributed by atoms with Crippen LogP contribution in [-0.2, 0) is 6.54 Å². The van der Waals surface area contributed by atoms with Crippen molar-refractivity contribution < 1.29 is 4.74 Å². The molecule has 5 heteroatoms. The van der Waals surface area contributed by atoms with Gasteiger partial charge in [0.2, 0.25) is 0 Å². The Morgan fingerprint density at radius 2 is 2.00 bits per heavy atom. The van der Waals surface area contributed by atoms with E-state index in [-0.39, 0.29) is 0 Å². The number of methoxy groups -OCH3 is 1. The molecule has 1 saturated heterocycles. The van der Waals surface area contributed by atoms with Gasteiger partial charge in [-0.1, -0.05) is 15.9 Å². The summed E-state index contributed by atoms with van der Waals surface area (Å²) in [6, 6.07) is 6.12. The number of hydrogen-bond donors (Lipinski definition) is 1. The summed E-state index contributed by atoms with van der Waals surface area (Å²) in [6.45, 7) is 7.69. The highest BCUT2D eigenvalue weighted by Gasteiger charge is 2.12. The van der Waals surface area contributed by atoms with Gasteiger partial charge in [-0.2, -0.15) is 0 Å². The number of ether oxygens (including phenoxy) is 1. The van der Waals surface area contributed by atoms with E-state index in [4.69, 9.17) is 4.74 Å². The summed E-state index contributed by atoms with van der Waals surface area (Å²) in [5.74, 6) is 0.945. The Bertz CT molecular complexity index is 420. The van der Waals surface area contributed by atoms with Gasteiger partial charge in [0, 0.05) is 55.8 Å². The van der Waals surface area contributed by atoms with E-state index in [2.05, 4.69) is 44.2 Å². The van der Waals surface area contributed by atoms with Crippen molar-refractivity contribution in [3.63, 3.8) is 0 Å². The molecule has 1 aliphatic heterocycles. The third-order valence-electron chi connectivity index (χ3n) is 3.76. The van der Waals surface area contributed by atoms with Gasteiger partial charge in [0.05, 0.1) is 7.11 Å². The van der Waals surface area contributed by atoms with Gasteiger partial charge in [-0.3, -0.25) is 4.90 Å². The topological polar surface area (TPSA) is 27.7 Å². The Kier molecular flexibility index (Phi) is 6.29. The average molecular weight is 342 g/mol. The molecule has 1 aromatic rings. The summed E-state index contributed by atoms with van der Waals surface area (Å²) in [5.41, 5.74) is 1.19. The van der Waals surface area contributed by atoms with Crippen LogP contribution in [0.2, 0.25) is 0 Å². The van der Waals surface area contributed by atoms with Crippen molar-refractivity contribution in [2.24, 2.45) is 0 Å². The molecular formula is C15H24BrN3O. The van der Waals surface area contributed by atoms with Crippen molar-refractivity contribution in [3.8, 4) is 5.75 Å². The number of halogens is 1. The Morgan fingerprint density at radius 3 is 2.70 bits per heavy atom. The van der Waals surface area contributed by atoms with E-state index in [9.17, 15) is 0 Å². The maximum atomic E-state index is 5.38. The Hall–Kier alpha value is -0.620. The highest BCUT2D eigenvalue weighted by atomic mass is 79.9. The Balaban J connectivity index is 1.72. The van der Waals surface area contributed by atoms with Gasteiger partial charge in [0.15, 0.2) is 0 Å². The van der Waals surface area contributed by atoms with Crippen molar-refractivity contribution in [3.05, 3.63) is 28.2 Å². The minimum Gasteiger partial charge on any atom is -0.496 e. The van der Waals surface area contributed by atoms with E-state index in [0.29, 0.717) is 0 Å². The van der Waals surface area contributed by atoms with Crippen molar-refractivity contribution in [1.29, 1.82) is 0 Å². The van der Waals surface area contributed by atoms with Gasteiger partial charge in [0.25, 0.3) is 0 Å². The molecule has 112 valence electrons. The molecule has 1 heterocycles. The number of likely N-dealkylation sites (N-methyl/N-ethyl adjacent to an activating group) is 1. The zero-order valence-corrected chi connectivity index (χ0v) is 13.9. The van der Waals surface area contributed by atoms with Gasteiger partial charge in [-0.15, -0.1) is 0 Å². The minimum atomic E-state index is 0.844. The lowest BCUT2D eigenvalue weighted by Crippen LogP contribution is -2.46. The summed E-state index contributed by atoms with van der Waals surface area (Å²) in [4.78, 5) is 4.90. The van der Waals surface area contributed by atoms with Crippen LogP contribution in [-0.4, -0.2) is 63.2 Å². The molecule has 1 aliphatic rings. The van der Waals surface area contributed by atoms with Crippen LogP contribution in [0.3, 0.4) is 0 Å². The quantitative estimate of drug-likeness (QED) is 0.798. The van der Waals surface area contributed by atoms with Crippen LogP contribution in [0.25, 0.3) is 0 Å². The van der Waals surface area contributed by atoms with Gasteiger partial charge in [-0.05, 0) is 25.2 Å². The molecule has 1 N–H and O–H groups in total. The minimum absolute atomic E-state index is 0.844. The molecule has 20 heavy (non-hydrogen) atoms. The third-order valence-corrected chi connectivity index (χ3v) is 4.25. The predicted octanol–water partition coefficient (Wildman–Crippen LogP) is 1.79. The summed E-state index contributed by atoms with van der Waals surface area (Å²) in [7, 11) is 3.91. The zero-order chi connectivity index (χ0) is 14.4. The molecule has 0 bridgehead atoms. The zero-order valence-electron chi connectivity index (χ0n) is 12.4. The fourth-order valence-electron chi connectivity index (χ4n) is 2.42. The van der Waals surface area contributed by atoms with Crippen molar-refractivity contribution in [2.75, 3.05) is 53.4 Å². The third kappa shape index (κ3) is 4.74. The molecule has 0 unspecified atom stereocenters. The van der Waals surface area contributed by atoms with Crippen molar-refractivity contribution >= 4 is 15.9 Å². The molecule has 0 aliphatic carbocycles. The number of nitrogens with zero attached hydrogens (tertiary/aromatic N) is 2. The fourth-order valence-corrected chi connectivity index (χ4v) is 2.83. The van der Waals surface area contributed by atoms with Crippen molar-refractivity contribution in [1.82, 2.24) is 15.1 Å². The van der Waals surface area contributed by atoms with E-state index in [1.165, 1.54) is 31.7 Å². The smallest absolute Gasteiger partial charge is 0.123 e. The Labute approximate surface area is 130 Å². The van der Waals surface area contributed by atoms with E-state index < -0.39 is 0 Å². The van der Waals surface area contributed by atoms with Crippen LogP contribution in [0, 0.1) is 0 Å². The molecule has 1 fully saturated rings. The molecule has 0 saturated carbocycles. The number of benzene rings is 1. The first kappa shape index (κ1) is 15.8. The maximum Gasteiger partial charge on any atom is 0.123 e. The van der Waals surface area contributed by atoms with Crippen LogP contribution in [0.1, 0.15) is 5.56 Å². The van der Waals surface area contributed by atoms with Gasteiger partial charge < -0.3 is 15.0 Å². The van der Waals surface area contributed by atoms with Crippen LogP contribution in [0.4, 0.5) is 0 Å². The van der Waals surface area contributed by atoms with E-state index in [0.717, 1.165) is 29.9 Å². The van der Waals surface area contributed by atoms with Gasteiger partial charge >= 0.3 is 0 Å². The molecule has 2 rings (SSSR count). The number of nitrogens with one attached hydrogen (secondary N) is 1. The summed E-state index contributed by atoms with van der Waals surface area (Å²) < 4.78 is 6.47. The van der Waals surface area contributed by atoms with E-state index in [1.54, 1.807) is 7.11 Å². The normalized spacial score (nSPS) is 17.4. The standard InChI is InChI=1S/C15H24BrN3O/c1-18-7-9-19(10-8-18)6-5-17-12-13-11-14(16)3-4-15(13)20-2/h3-4,11,17H,5-10,12H2,1-2H3. The van der Waals surface area contributed by atoms with Gasteiger partial charge in [-0.25, -0.2) is 0 Å². The van der Waals surface area contributed by atoms with Crippen LogP contribution in [0.5, 0.6) is 5.75 Å². The second kappa shape index (κ2) is 7.98. The molecule has 4 nitrogen and oxygen atoms in total. The molecule has 0 amide bonds. The summed E-state index contributed by atoms with van der Waals surface area (Å²) >= 11 is 3.51. The average Bonchev–Trinajstić information content (AvgIpc) is 2.46. The highest BCUT2D eigenvalue weighted by molar-refractivity contribution is 9.10. The first-order valence-corrected chi connectivity index (χ1v) is 7.92. The molecule has 0 atom stereocenters. The molecule has 0 radical (unpaired) electrons. The van der Waals surface area contributed by atoms with E-state index >= 15 is 0 Å². The van der Waals surface area contributed by atoms with Crippen LogP contribution >= 0.6 is 15.9 Å². The lowest BCUT2D eigenvalue weighted by Gasteiger charge is -2.32. The second-order valence-corrected chi connectivity index (χ2v) is 6.19. The lowest BCUT2D eigenvalue weighted by atomic mass is 10.2. The van der Waals surface area contributed by atoms with Gasteiger partial charge in [0.1, 0.15) is 5.75 Å². The molecule has 1 aromatic carbocycles. The molecule has 0 spiro atoms. The summed E-state index contributed by atoms with van der Waals surface area (Å²) in [6.07, 6.45) is 0. The largest absolute Gasteiger partial charge is 0.496 e. The first-order valence-electron chi connectivity index (χ1n) is 7.13. The molecular weight excluding hydrogens is 318 g/mol. The first-order chi connectivity index (χ1) is 9.69. The van der Waals surface area contributed by atoms with Crippen molar-refractivity contribution in [2.45, 2.75) is 6.54 Å². The fraction of sp³-hybridized carbons (Fsp3) is 0.600. The number of piperazine rings is 1. The Morgan fingerprint density at radius 1 is 1.25 bits per heavy atom. The summed E-state index contributed by atoms with van der Waals surface area (Å²) in [5, 5.41) is 3.51. The predicted molar refractivity (Wildman–Crippen MR) is 86.3 cm³/mol.